The minimum Gasteiger partial charge on any atom is -0.353 e. The van der Waals surface area contributed by atoms with Crippen LogP contribution in [0.5, 0.6) is 0 Å². The second kappa shape index (κ2) is 7.99. The van der Waals surface area contributed by atoms with Gasteiger partial charge in [-0.05, 0) is 32.6 Å². The summed E-state index contributed by atoms with van der Waals surface area (Å²) in [7, 11) is 0. The van der Waals surface area contributed by atoms with Gasteiger partial charge in [-0.25, -0.2) is 0 Å². The third-order valence-electron chi connectivity index (χ3n) is 4.62. The van der Waals surface area contributed by atoms with E-state index in [1.165, 1.54) is 38.5 Å². The lowest BCUT2D eigenvalue weighted by Crippen LogP contribution is -2.44. The Bertz CT molecular complexity index is 308. The highest BCUT2D eigenvalue weighted by Crippen LogP contribution is 2.20. The number of amides is 1. The molecule has 2 saturated heterocycles. The normalized spacial score (nSPS) is 28.1. The molecule has 3 unspecified atom stereocenters. The summed E-state index contributed by atoms with van der Waals surface area (Å²) < 4.78 is 0. The molecule has 3 atom stereocenters. The first-order valence-electron chi connectivity index (χ1n) is 8.45. The Labute approximate surface area is 123 Å². The van der Waals surface area contributed by atoms with Crippen LogP contribution in [0.3, 0.4) is 0 Å². The van der Waals surface area contributed by atoms with Gasteiger partial charge in [-0.1, -0.05) is 26.2 Å². The monoisotopic (exact) mass is 281 g/mol. The lowest BCUT2D eigenvalue weighted by atomic mass is 10.1. The van der Waals surface area contributed by atoms with Crippen molar-refractivity contribution in [3.05, 3.63) is 0 Å². The highest BCUT2D eigenvalue weighted by Gasteiger charge is 2.29. The first-order valence-corrected chi connectivity index (χ1v) is 8.45. The molecule has 4 heteroatoms. The van der Waals surface area contributed by atoms with Crippen molar-refractivity contribution in [1.82, 2.24) is 15.5 Å². The van der Waals surface area contributed by atoms with Crippen LogP contribution in [0.25, 0.3) is 0 Å². The molecule has 2 heterocycles. The second-order valence-corrected chi connectivity index (χ2v) is 6.63. The molecular weight excluding hydrogens is 250 g/mol. The molecular formula is C16H31N3O. The van der Waals surface area contributed by atoms with Gasteiger partial charge in [-0.15, -0.1) is 0 Å². The van der Waals surface area contributed by atoms with Crippen LogP contribution in [0.1, 0.15) is 58.8 Å². The highest BCUT2D eigenvalue weighted by molar-refractivity contribution is 5.78. The van der Waals surface area contributed by atoms with E-state index in [9.17, 15) is 4.79 Å². The van der Waals surface area contributed by atoms with Crippen molar-refractivity contribution >= 4 is 5.91 Å². The Morgan fingerprint density at radius 3 is 2.90 bits per heavy atom. The lowest BCUT2D eigenvalue weighted by molar-refractivity contribution is -0.122. The molecule has 0 aromatic carbocycles. The van der Waals surface area contributed by atoms with Gasteiger partial charge < -0.3 is 10.6 Å². The summed E-state index contributed by atoms with van der Waals surface area (Å²) in [5, 5.41) is 6.81. The number of carbonyl (C=O) groups excluding carboxylic acids is 1. The number of hydrogen-bond donors (Lipinski definition) is 2. The van der Waals surface area contributed by atoms with Crippen molar-refractivity contribution in [2.75, 3.05) is 19.6 Å². The van der Waals surface area contributed by atoms with Crippen LogP contribution in [-0.2, 0) is 4.79 Å². The van der Waals surface area contributed by atoms with E-state index in [4.69, 9.17) is 0 Å². The summed E-state index contributed by atoms with van der Waals surface area (Å²) in [5.41, 5.74) is 0. The van der Waals surface area contributed by atoms with Gasteiger partial charge in [0.25, 0.3) is 0 Å². The average Bonchev–Trinajstić information content (AvgIpc) is 2.73. The smallest absolute Gasteiger partial charge is 0.234 e. The fraction of sp³-hybridized carbons (Fsp3) is 0.938. The number of unbranched alkanes of at least 4 members (excludes halogenated alkanes) is 2. The molecule has 2 fully saturated rings. The fourth-order valence-corrected chi connectivity index (χ4v) is 3.46. The van der Waals surface area contributed by atoms with Gasteiger partial charge in [0.2, 0.25) is 5.91 Å². The van der Waals surface area contributed by atoms with Crippen LogP contribution in [-0.4, -0.2) is 48.6 Å². The molecule has 2 aliphatic rings. The predicted octanol–water partition coefficient (Wildman–Crippen LogP) is 1.90. The summed E-state index contributed by atoms with van der Waals surface area (Å²) in [5.74, 6) is 0.201. The first kappa shape index (κ1) is 15.8. The van der Waals surface area contributed by atoms with E-state index in [0.717, 1.165) is 19.5 Å². The van der Waals surface area contributed by atoms with Crippen LogP contribution in [0.2, 0.25) is 0 Å². The zero-order chi connectivity index (χ0) is 14.4. The Kier molecular flexibility index (Phi) is 6.30. The van der Waals surface area contributed by atoms with E-state index in [-0.39, 0.29) is 5.91 Å². The number of fused-ring (bicyclic) bond motifs is 2. The summed E-state index contributed by atoms with van der Waals surface area (Å²) in [6, 6.07) is 1.62. The molecule has 0 saturated carbocycles. The Hall–Kier alpha value is -0.610. The molecule has 4 nitrogen and oxygen atoms in total. The number of carbonyl (C=O) groups is 1. The predicted molar refractivity (Wildman–Crippen MR) is 82.7 cm³/mol. The number of rotatable bonds is 7. The molecule has 2 aliphatic heterocycles. The fourth-order valence-electron chi connectivity index (χ4n) is 3.46. The minimum absolute atomic E-state index is 0.201. The van der Waals surface area contributed by atoms with E-state index >= 15 is 0 Å². The molecule has 2 N–H and O–H groups in total. The van der Waals surface area contributed by atoms with Crippen molar-refractivity contribution in [1.29, 1.82) is 0 Å². The second-order valence-electron chi connectivity index (χ2n) is 6.63. The zero-order valence-corrected chi connectivity index (χ0v) is 13.2. The van der Waals surface area contributed by atoms with Crippen molar-refractivity contribution in [2.24, 2.45) is 0 Å². The molecule has 0 aromatic heterocycles. The molecule has 2 rings (SSSR count). The van der Waals surface area contributed by atoms with Crippen molar-refractivity contribution < 1.29 is 4.79 Å². The molecule has 116 valence electrons. The van der Waals surface area contributed by atoms with E-state index in [0.29, 0.717) is 24.7 Å². The van der Waals surface area contributed by atoms with Crippen LogP contribution in [0.4, 0.5) is 0 Å². The van der Waals surface area contributed by atoms with Crippen molar-refractivity contribution in [3.8, 4) is 0 Å². The number of nitrogens with zero attached hydrogens (tertiary/aromatic N) is 1. The maximum atomic E-state index is 12.1. The average molecular weight is 281 g/mol. The van der Waals surface area contributed by atoms with E-state index in [1.54, 1.807) is 0 Å². The topological polar surface area (TPSA) is 44.4 Å². The van der Waals surface area contributed by atoms with Gasteiger partial charge in [0.1, 0.15) is 0 Å². The molecule has 0 aromatic rings. The first-order chi connectivity index (χ1) is 9.67. The molecule has 0 radical (unpaired) electrons. The molecule has 1 amide bonds. The molecule has 0 spiro atoms. The third-order valence-corrected chi connectivity index (χ3v) is 4.62. The highest BCUT2D eigenvalue weighted by atomic mass is 16.2. The lowest BCUT2D eigenvalue weighted by Gasteiger charge is -2.24. The van der Waals surface area contributed by atoms with Crippen molar-refractivity contribution in [2.45, 2.75) is 76.9 Å². The van der Waals surface area contributed by atoms with Gasteiger partial charge in [0, 0.05) is 31.2 Å². The third kappa shape index (κ3) is 5.06. The largest absolute Gasteiger partial charge is 0.353 e. The van der Waals surface area contributed by atoms with E-state index in [2.05, 4.69) is 29.4 Å². The number of hydrogen-bond acceptors (Lipinski definition) is 3. The van der Waals surface area contributed by atoms with Crippen molar-refractivity contribution in [3.63, 3.8) is 0 Å². The SMILES string of the molecule is CCCCCC(C)NC(=O)CN1CCC2CCC(C1)N2. The van der Waals surface area contributed by atoms with E-state index < -0.39 is 0 Å². The van der Waals surface area contributed by atoms with Crippen LogP contribution < -0.4 is 10.6 Å². The van der Waals surface area contributed by atoms with Crippen LogP contribution in [0.15, 0.2) is 0 Å². The van der Waals surface area contributed by atoms with Gasteiger partial charge in [0.15, 0.2) is 0 Å². The molecule has 20 heavy (non-hydrogen) atoms. The summed E-state index contributed by atoms with van der Waals surface area (Å²) in [6.45, 7) is 7.01. The Morgan fingerprint density at radius 2 is 2.10 bits per heavy atom. The maximum absolute atomic E-state index is 12.1. The standard InChI is InChI=1S/C16H31N3O/c1-3-4-5-6-13(2)17-16(20)12-19-10-9-14-7-8-15(11-19)18-14/h13-15,18H,3-12H2,1-2H3,(H,17,20). The van der Waals surface area contributed by atoms with E-state index in [1.807, 2.05) is 0 Å². The maximum Gasteiger partial charge on any atom is 0.234 e. The number of likely N-dealkylation sites (tertiary alicyclic amines) is 1. The van der Waals surface area contributed by atoms with Crippen LogP contribution >= 0.6 is 0 Å². The summed E-state index contributed by atoms with van der Waals surface area (Å²) in [4.78, 5) is 14.4. The summed E-state index contributed by atoms with van der Waals surface area (Å²) in [6.07, 6.45) is 8.61. The van der Waals surface area contributed by atoms with Crippen LogP contribution in [0, 0.1) is 0 Å². The quantitative estimate of drug-likeness (QED) is 0.701. The van der Waals surface area contributed by atoms with Gasteiger partial charge in [-0.3, -0.25) is 9.69 Å². The van der Waals surface area contributed by atoms with Gasteiger partial charge >= 0.3 is 0 Å². The zero-order valence-electron chi connectivity index (χ0n) is 13.2. The number of nitrogens with one attached hydrogen (secondary N) is 2. The van der Waals surface area contributed by atoms with Gasteiger partial charge in [0.05, 0.1) is 6.54 Å². The minimum atomic E-state index is 0.201. The Morgan fingerprint density at radius 1 is 1.30 bits per heavy atom. The molecule has 2 bridgehead atoms. The molecule has 0 aliphatic carbocycles. The van der Waals surface area contributed by atoms with Gasteiger partial charge in [-0.2, -0.15) is 0 Å². The Balaban J connectivity index is 1.66. The summed E-state index contributed by atoms with van der Waals surface area (Å²) >= 11 is 0.